The normalized spacial score (nSPS) is 12.2. The van der Waals surface area contributed by atoms with Crippen molar-refractivity contribution >= 4 is 18.4 Å². The molecular weight excluding hydrogens is 298 g/mol. The van der Waals surface area contributed by atoms with Gasteiger partial charge in [-0.25, -0.2) is 0 Å². The van der Waals surface area contributed by atoms with Crippen LogP contribution in [0.2, 0.25) is 0 Å². The van der Waals surface area contributed by atoms with Crippen LogP contribution < -0.4 is 5.73 Å². The summed E-state index contributed by atoms with van der Waals surface area (Å²) in [6, 6.07) is 17.6. The molecule has 0 aliphatic heterocycles. The summed E-state index contributed by atoms with van der Waals surface area (Å²) in [6.07, 6.45) is 0. The molecule has 3 nitrogen and oxygen atoms in total. The standard InChI is InChI=1S/C18H21NO2.ClH/c1-18(2,17(20)21-3)16(19)15-11-7-10-14(12-15)13-8-5-4-6-9-13;/h4-12,16H,19H2,1-3H3;1H/t16-;/m0./s1. The zero-order valence-electron chi connectivity index (χ0n) is 13.1. The summed E-state index contributed by atoms with van der Waals surface area (Å²) in [5.74, 6) is -0.305. The molecule has 2 rings (SSSR count). The summed E-state index contributed by atoms with van der Waals surface area (Å²) in [6.45, 7) is 3.61. The Balaban J connectivity index is 0.00000242. The van der Waals surface area contributed by atoms with Gasteiger partial charge in [-0.3, -0.25) is 4.79 Å². The number of ether oxygens (including phenoxy) is 1. The Hall–Kier alpha value is -1.84. The fourth-order valence-electron chi connectivity index (χ4n) is 2.35. The van der Waals surface area contributed by atoms with Crippen LogP contribution in [0.5, 0.6) is 0 Å². The van der Waals surface area contributed by atoms with Crippen molar-refractivity contribution < 1.29 is 9.53 Å². The van der Waals surface area contributed by atoms with E-state index in [9.17, 15) is 4.79 Å². The Morgan fingerprint density at radius 3 is 2.23 bits per heavy atom. The summed E-state index contributed by atoms with van der Waals surface area (Å²) in [5.41, 5.74) is 8.66. The van der Waals surface area contributed by atoms with Gasteiger partial charge in [-0.15, -0.1) is 12.4 Å². The third-order valence-electron chi connectivity index (χ3n) is 3.84. The highest BCUT2D eigenvalue weighted by molar-refractivity contribution is 5.85. The Morgan fingerprint density at radius 2 is 1.64 bits per heavy atom. The minimum Gasteiger partial charge on any atom is -0.469 e. The molecule has 0 aliphatic carbocycles. The Kier molecular flexibility index (Phi) is 6.15. The number of carbonyl (C=O) groups is 1. The number of nitrogens with two attached hydrogens (primary N) is 1. The maximum atomic E-state index is 11.9. The highest BCUT2D eigenvalue weighted by Gasteiger charge is 2.36. The first-order chi connectivity index (χ1) is 9.96. The summed E-state index contributed by atoms with van der Waals surface area (Å²) in [7, 11) is 1.39. The quantitative estimate of drug-likeness (QED) is 0.867. The summed E-state index contributed by atoms with van der Waals surface area (Å²) in [5, 5.41) is 0. The molecule has 0 aliphatic rings. The minimum absolute atomic E-state index is 0. The topological polar surface area (TPSA) is 52.3 Å². The highest BCUT2D eigenvalue weighted by atomic mass is 35.5. The average Bonchev–Trinajstić information content (AvgIpc) is 2.54. The maximum absolute atomic E-state index is 11.9. The van der Waals surface area contributed by atoms with Crippen LogP contribution in [0.1, 0.15) is 25.5 Å². The van der Waals surface area contributed by atoms with E-state index < -0.39 is 11.5 Å². The van der Waals surface area contributed by atoms with E-state index in [1.807, 2.05) is 42.5 Å². The van der Waals surface area contributed by atoms with Crippen LogP contribution in [-0.4, -0.2) is 13.1 Å². The number of halogens is 1. The van der Waals surface area contributed by atoms with Gasteiger partial charge in [0.1, 0.15) is 0 Å². The zero-order valence-corrected chi connectivity index (χ0v) is 13.9. The van der Waals surface area contributed by atoms with E-state index in [0.29, 0.717) is 0 Å². The summed E-state index contributed by atoms with van der Waals surface area (Å²) >= 11 is 0. The van der Waals surface area contributed by atoms with Crippen molar-refractivity contribution in [3.8, 4) is 11.1 Å². The van der Waals surface area contributed by atoms with E-state index >= 15 is 0 Å². The molecule has 0 aromatic heterocycles. The van der Waals surface area contributed by atoms with Crippen molar-refractivity contribution in [3.05, 3.63) is 60.2 Å². The van der Waals surface area contributed by atoms with Crippen molar-refractivity contribution in [1.82, 2.24) is 0 Å². The SMILES string of the molecule is COC(=O)C(C)(C)[C@@H](N)c1cccc(-c2ccccc2)c1.Cl. The third kappa shape index (κ3) is 3.67. The number of methoxy groups -OCH3 is 1. The summed E-state index contributed by atoms with van der Waals surface area (Å²) < 4.78 is 4.85. The molecule has 0 unspecified atom stereocenters. The molecule has 2 N–H and O–H groups in total. The van der Waals surface area contributed by atoms with E-state index in [0.717, 1.165) is 16.7 Å². The van der Waals surface area contributed by atoms with Crippen molar-refractivity contribution in [2.75, 3.05) is 7.11 Å². The van der Waals surface area contributed by atoms with Crippen LogP contribution in [0.15, 0.2) is 54.6 Å². The van der Waals surface area contributed by atoms with Crippen LogP contribution in [0, 0.1) is 5.41 Å². The molecule has 2 aromatic rings. The van der Waals surface area contributed by atoms with E-state index in [1.165, 1.54) is 7.11 Å². The van der Waals surface area contributed by atoms with Crippen molar-refractivity contribution in [3.63, 3.8) is 0 Å². The van der Waals surface area contributed by atoms with Gasteiger partial charge in [-0.05, 0) is 36.6 Å². The van der Waals surface area contributed by atoms with Crippen LogP contribution >= 0.6 is 12.4 Å². The predicted molar refractivity (Wildman–Crippen MR) is 91.9 cm³/mol. The van der Waals surface area contributed by atoms with Crippen molar-refractivity contribution in [2.24, 2.45) is 11.1 Å². The number of rotatable bonds is 4. The molecule has 4 heteroatoms. The van der Waals surface area contributed by atoms with Crippen LogP contribution in [0.4, 0.5) is 0 Å². The monoisotopic (exact) mass is 319 g/mol. The molecule has 0 radical (unpaired) electrons. The minimum atomic E-state index is -0.774. The van der Waals surface area contributed by atoms with Gasteiger partial charge in [0.2, 0.25) is 0 Å². The lowest BCUT2D eigenvalue weighted by Gasteiger charge is -2.29. The molecule has 0 heterocycles. The predicted octanol–water partition coefficient (Wildman–Crippen LogP) is 3.97. The second-order valence-corrected chi connectivity index (χ2v) is 5.68. The fourth-order valence-corrected chi connectivity index (χ4v) is 2.35. The molecule has 118 valence electrons. The first kappa shape index (κ1) is 18.2. The number of benzene rings is 2. The van der Waals surface area contributed by atoms with Gasteiger partial charge < -0.3 is 10.5 Å². The molecule has 0 fully saturated rings. The van der Waals surface area contributed by atoms with Gasteiger partial charge >= 0.3 is 5.97 Å². The molecule has 1 atom stereocenters. The Morgan fingerprint density at radius 1 is 1.05 bits per heavy atom. The smallest absolute Gasteiger partial charge is 0.313 e. The van der Waals surface area contributed by atoms with Crippen molar-refractivity contribution in [2.45, 2.75) is 19.9 Å². The molecule has 0 amide bonds. The van der Waals surface area contributed by atoms with Crippen LogP contribution in [-0.2, 0) is 9.53 Å². The van der Waals surface area contributed by atoms with Gasteiger partial charge in [0.05, 0.1) is 12.5 Å². The second-order valence-electron chi connectivity index (χ2n) is 5.68. The van der Waals surface area contributed by atoms with Gasteiger partial charge in [-0.2, -0.15) is 0 Å². The number of carbonyl (C=O) groups excluding carboxylic acids is 1. The maximum Gasteiger partial charge on any atom is 0.313 e. The zero-order chi connectivity index (χ0) is 15.5. The molecule has 22 heavy (non-hydrogen) atoms. The molecule has 0 bridgehead atoms. The molecule has 2 aromatic carbocycles. The number of hydrogen-bond acceptors (Lipinski definition) is 3. The molecule has 0 saturated carbocycles. The Labute approximate surface area is 137 Å². The fraction of sp³-hybridized carbons (Fsp3) is 0.278. The first-order valence-corrected chi connectivity index (χ1v) is 6.96. The van der Waals surface area contributed by atoms with E-state index in [4.69, 9.17) is 10.5 Å². The lowest BCUT2D eigenvalue weighted by atomic mass is 9.80. The van der Waals surface area contributed by atoms with Gasteiger partial charge in [0.25, 0.3) is 0 Å². The lowest BCUT2D eigenvalue weighted by molar-refractivity contribution is -0.152. The second kappa shape index (κ2) is 7.43. The van der Waals surface area contributed by atoms with Gasteiger partial charge in [0.15, 0.2) is 0 Å². The van der Waals surface area contributed by atoms with Crippen LogP contribution in [0.25, 0.3) is 11.1 Å². The molecule has 0 saturated heterocycles. The van der Waals surface area contributed by atoms with Gasteiger partial charge in [0, 0.05) is 6.04 Å². The highest BCUT2D eigenvalue weighted by Crippen LogP contribution is 2.34. The molecule has 0 spiro atoms. The number of esters is 1. The lowest BCUT2D eigenvalue weighted by Crippen LogP contribution is -2.37. The first-order valence-electron chi connectivity index (χ1n) is 6.96. The number of hydrogen-bond donors (Lipinski definition) is 1. The summed E-state index contributed by atoms with van der Waals surface area (Å²) in [4.78, 5) is 11.9. The molecular formula is C18H22ClNO2. The van der Waals surface area contributed by atoms with Crippen molar-refractivity contribution in [1.29, 1.82) is 0 Å². The van der Waals surface area contributed by atoms with E-state index in [-0.39, 0.29) is 18.4 Å². The largest absolute Gasteiger partial charge is 0.469 e. The van der Waals surface area contributed by atoms with E-state index in [1.54, 1.807) is 13.8 Å². The Bertz CT molecular complexity index is 626. The average molecular weight is 320 g/mol. The van der Waals surface area contributed by atoms with E-state index in [2.05, 4.69) is 12.1 Å². The third-order valence-corrected chi connectivity index (χ3v) is 3.84. The van der Waals surface area contributed by atoms with Crippen LogP contribution in [0.3, 0.4) is 0 Å². The van der Waals surface area contributed by atoms with Gasteiger partial charge in [-0.1, -0.05) is 48.5 Å².